The summed E-state index contributed by atoms with van der Waals surface area (Å²) in [5.74, 6) is -1.75. The minimum Gasteiger partial charge on any atom is -0.480 e. The molecule has 0 saturated carbocycles. The Bertz CT molecular complexity index is 810. The van der Waals surface area contributed by atoms with E-state index in [9.17, 15) is 19.5 Å². The first kappa shape index (κ1) is 17.8. The van der Waals surface area contributed by atoms with Gasteiger partial charge in [-0.2, -0.15) is 0 Å². The van der Waals surface area contributed by atoms with E-state index in [4.69, 9.17) is 4.74 Å². The van der Waals surface area contributed by atoms with Gasteiger partial charge in [0.25, 0.3) is 5.91 Å². The Morgan fingerprint density at radius 1 is 1.46 bits per heavy atom. The number of ether oxygens (including phenoxy) is 1. The summed E-state index contributed by atoms with van der Waals surface area (Å²) in [7, 11) is 0. The molecule has 2 aliphatic heterocycles. The van der Waals surface area contributed by atoms with Crippen molar-refractivity contribution in [3.8, 4) is 0 Å². The highest BCUT2D eigenvalue weighted by molar-refractivity contribution is 6.08. The topological polar surface area (TPSA) is 96.8 Å². The number of hydrogen-bond acceptors (Lipinski definition) is 5. The number of β-lactam (4-membered cyclic amide) rings is 1. The van der Waals surface area contributed by atoms with Crippen molar-refractivity contribution in [3.05, 3.63) is 47.8 Å². The molecule has 2 atom stereocenters. The first-order valence-corrected chi connectivity index (χ1v) is 8.27. The van der Waals surface area contributed by atoms with E-state index in [1.165, 1.54) is 17.2 Å². The molecule has 2 fully saturated rings. The molecule has 0 aromatic carbocycles. The predicted octanol–water partition coefficient (Wildman–Crippen LogP) is 1.90. The van der Waals surface area contributed by atoms with E-state index in [1.54, 1.807) is 18.2 Å². The van der Waals surface area contributed by atoms with Crippen LogP contribution in [0.3, 0.4) is 0 Å². The van der Waals surface area contributed by atoms with Gasteiger partial charge in [-0.25, -0.2) is 9.59 Å². The van der Waals surface area contributed by atoms with Gasteiger partial charge < -0.3 is 14.7 Å². The van der Waals surface area contributed by atoms with E-state index < -0.39 is 23.4 Å². The number of carboxylic acid groups (broad SMARTS) is 1. The molecule has 7 heteroatoms. The lowest BCUT2D eigenvalue weighted by atomic mass is 9.83. The molecule has 3 rings (SSSR count). The number of esters is 1. The molecular weight excluding hydrogens is 336 g/mol. The number of pyridine rings is 1. The maximum absolute atomic E-state index is 12.4. The van der Waals surface area contributed by atoms with Crippen LogP contribution in [0, 0.1) is 5.41 Å². The Morgan fingerprint density at radius 2 is 2.19 bits per heavy atom. The van der Waals surface area contributed by atoms with Crippen molar-refractivity contribution in [2.75, 3.05) is 6.61 Å². The maximum atomic E-state index is 12.4. The van der Waals surface area contributed by atoms with Gasteiger partial charge in [0.05, 0.1) is 17.3 Å². The van der Waals surface area contributed by atoms with Gasteiger partial charge in [-0.05, 0) is 30.0 Å². The Morgan fingerprint density at radius 3 is 2.77 bits per heavy atom. The van der Waals surface area contributed by atoms with E-state index >= 15 is 0 Å². The molecule has 1 aromatic rings. The molecule has 1 aromatic heterocycles. The molecular formula is C19H20N2O5. The fourth-order valence-corrected chi connectivity index (χ4v) is 3.61. The fraction of sp³-hybridized carbons (Fsp3) is 0.368. The SMILES string of the molecule is C=CCOC(=O)c1ccc(/C=C2/C(=O)N3C2CC(C)(C)[C@@H]3C(=O)O)nc1. The zero-order chi connectivity index (χ0) is 19.1. The van der Waals surface area contributed by atoms with Crippen molar-refractivity contribution in [2.45, 2.75) is 32.4 Å². The smallest absolute Gasteiger partial charge is 0.340 e. The number of carboxylic acids is 1. The zero-order valence-electron chi connectivity index (χ0n) is 14.6. The molecule has 1 unspecified atom stereocenters. The van der Waals surface area contributed by atoms with Gasteiger partial charge in [0.15, 0.2) is 0 Å². The highest BCUT2D eigenvalue weighted by Gasteiger charge is 2.60. The Balaban J connectivity index is 1.78. The molecule has 0 spiro atoms. The van der Waals surface area contributed by atoms with Crippen LogP contribution in [0.1, 0.15) is 36.3 Å². The second kappa shape index (κ2) is 6.40. The van der Waals surface area contributed by atoms with Crippen molar-refractivity contribution in [1.29, 1.82) is 0 Å². The van der Waals surface area contributed by atoms with E-state index in [0.717, 1.165) is 0 Å². The number of rotatable bonds is 5. The summed E-state index contributed by atoms with van der Waals surface area (Å²) in [6, 6.07) is 2.18. The van der Waals surface area contributed by atoms with Crippen molar-refractivity contribution in [3.63, 3.8) is 0 Å². The number of hydrogen-bond donors (Lipinski definition) is 1. The van der Waals surface area contributed by atoms with Crippen molar-refractivity contribution in [1.82, 2.24) is 9.88 Å². The number of amides is 1. The molecule has 1 N–H and O–H groups in total. The first-order chi connectivity index (χ1) is 12.3. The summed E-state index contributed by atoms with van der Waals surface area (Å²) in [4.78, 5) is 41.3. The van der Waals surface area contributed by atoms with Crippen LogP contribution in [-0.4, -0.2) is 51.5 Å². The van der Waals surface area contributed by atoms with Gasteiger partial charge in [0, 0.05) is 11.8 Å². The minimum atomic E-state index is -0.981. The van der Waals surface area contributed by atoms with Crippen LogP contribution in [-0.2, 0) is 14.3 Å². The number of nitrogens with zero attached hydrogens (tertiary/aromatic N) is 2. The molecule has 0 aliphatic carbocycles. The van der Waals surface area contributed by atoms with E-state index in [0.29, 0.717) is 23.3 Å². The number of fused-ring (bicyclic) bond motifs is 1. The third-order valence-electron chi connectivity index (χ3n) is 4.81. The Labute approximate surface area is 151 Å². The largest absolute Gasteiger partial charge is 0.480 e. The van der Waals surface area contributed by atoms with E-state index in [-0.39, 0.29) is 18.6 Å². The van der Waals surface area contributed by atoms with Crippen LogP contribution < -0.4 is 0 Å². The molecule has 7 nitrogen and oxygen atoms in total. The fourth-order valence-electron chi connectivity index (χ4n) is 3.61. The highest BCUT2D eigenvalue weighted by Crippen LogP contribution is 2.49. The van der Waals surface area contributed by atoms with Crippen LogP contribution in [0.15, 0.2) is 36.6 Å². The molecule has 0 radical (unpaired) electrons. The van der Waals surface area contributed by atoms with Crippen LogP contribution in [0.5, 0.6) is 0 Å². The van der Waals surface area contributed by atoms with Gasteiger partial charge in [0.1, 0.15) is 12.6 Å². The Kier molecular flexibility index (Phi) is 4.39. The first-order valence-electron chi connectivity index (χ1n) is 8.27. The molecule has 26 heavy (non-hydrogen) atoms. The summed E-state index contributed by atoms with van der Waals surface area (Å²) in [5, 5.41) is 9.43. The number of carbonyl (C=O) groups is 3. The lowest BCUT2D eigenvalue weighted by Gasteiger charge is -2.40. The maximum Gasteiger partial charge on any atom is 0.340 e. The summed E-state index contributed by atoms with van der Waals surface area (Å²) < 4.78 is 4.93. The molecule has 136 valence electrons. The lowest BCUT2D eigenvalue weighted by Crippen LogP contribution is -2.57. The van der Waals surface area contributed by atoms with Gasteiger partial charge in [-0.15, -0.1) is 0 Å². The monoisotopic (exact) mass is 356 g/mol. The van der Waals surface area contributed by atoms with Crippen molar-refractivity contribution < 1.29 is 24.2 Å². The lowest BCUT2D eigenvalue weighted by molar-refractivity contribution is -0.154. The molecule has 2 saturated heterocycles. The number of aliphatic carboxylic acids is 1. The summed E-state index contributed by atoms with van der Waals surface area (Å²) in [5.41, 5.74) is 0.901. The molecule has 3 heterocycles. The zero-order valence-corrected chi connectivity index (χ0v) is 14.6. The third-order valence-corrected chi connectivity index (χ3v) is 4.81. The van der Waals surface area contributed by atoms with Crippen LogP contribution in [0.25, 0.3) is 6.08 Å². The van der Waals surface area contributed by atoms with Gasteiger partial charge in [-0.3, -0.25) is 9.78 Å². The van der Waals surface area contributed by atoms with Crippen LogP contribution in [0.2, 0.25) is 0 Å². The second-order valence-electron chi connectivity index (χ2n) is 7.12. The standard InChI is InChI=1S/C19H20N2O5/c1-4-7-26-18(25)11-5-6-12(20-10-11)8-13-14-9-19(2,3)15(17(23)24)21(14)16(13)22/h4-6,8,10,14-15H,1,7,9H2,2-3H3,(H,23,24)/b13-8+/t14?,15-/m0/s1. The summed E-state index contributed by atoms with van der Waals surface area (Å²) in [6.07, 6.45) is 5.11. The predicted molar refractivity (Wildman–Crippen MR) is 93.1 cm³/mol. The van der Waals surface area contributed by atoms with Crippen LogP contribution in [0.4, 0.5) is 0 Å². The van der Waals surface area contributed by atoms with Crippen molar-refractivity contribution in [2.24, 2.45) is 5.41 Å². The summed E-state index contributed by atoms with van der Waals surface area (Å²) in [6.45, 7) is 7.31. The highest BCUT2D eigenvalue weighted by atomic mass is 16.5. The van der Waals surface area contributed by atoms with E-state index in [1.807, 2.05) is 13.8 Å². The Hall–Kier alpha value is -2.96. The van der Waals surface area contributed by atoms with Crippen LogP contribution >= 0.6 is 0 Å². The van der Waals surface area contributed by atoms with Gasteiger partial charge in [-0.1, -0.05) is 26.5 Å². The number of aromatic nitrogens is 1. The normalized spacial score (nSPS) is 24.8. The quantitative estimate of drug-likeness (QED) is 0.375. The molecule has 1 amide bonds. The molecule has 2 aliphatic rings. The summed E-state index contributed by atoms with van der Waals surface area (Å²) >= 11 is 0. The van der Waals surface area contributed by atoms with Crippen molar-refractivity contribution >= 4 is 23.9 Å². The average Bonchev–Trinajstić information content (AvgIpc) is 2.86. The second-order valence-corrected chi connectivity index (χ2v) is 7.12. The number of carbonyl (C=O) groups excluding carboxylic acids is 2. The van der Waals surface area contributed by atoms with Gasteiger partial charge >= 0.3 is 11.9 Å². The third kappa shape index (κ3) is 2.89. The molecule has 0 bridgehead atoms. The van der Waals surface area contributed by atoms with E-state index in [2.05, 4.69) is 11.6 Å². The average molecular weight is 356 g/mol. The minimum absolute atomic E-state index is 0.122. The van der Waals surface area contributed by atoms with Gasteiger partial charge in [0.2, 0.25) is 0 Å².